The second kappa shape index (κ2) is 20.0. The van der Waals surface area contributed by atoms with Crippen LogP contribution in [0.4, 0.5) is 4.79 Å². The molecule has 6 atom stereocenters. The third kappa shape index (κ3) is 12.8. The number of hydrogen-bond donors (Lipinski definition) is 1. The summed E-state index contributed by atoms with van der Waals surface area (Å²) in [5, 5.41) is 2.70. The Balaban J connectivity index is 1.50. The molecule has 0 aromatic heterocycles. The van der Waals surface area contributed by atoms with Gasteiger partial charge in [-0.2, -0.15) is 0 Å². The number of alkyl carbamates (subject to hydrolysis) is 1. The van der Waals surface area contributed by atoms with Gasteiger partial charge in [-0.1, -0.05) is 121 Å². The van der Waals surface area contributed by atoms with Crippen LogP contribution in [-0.4, -0.2) is 67.9 Å². The van der Waals surface area contributed by atoms with Crippen LogP contribution in [-0.2, 0) is 64.4 Å². The number of amides is 1. The van der Waals surface area contributed by atoms with Gasteiger partial charge in [0.2, 0.25) is 0 Å². The minimum atomic E-state index is -1.12. The average Bonchev–Trinajstić information content (AvgIpc) is 3.16. The Morgan fingerprint density at radius 2 is 1.04 bits per heavy atom. The summed E-state index contributed by atoms with van der Waals surface area (Å²) in [6.07, 6.45) is -4.28. The second-order valence-corrected chi connectivity index (χ2v) is 14.0. The van der Waals surface area contributed by atoms with Crippen LogP contribution in [0.15, 0.2) is 121 Å². The first-order valence-corrected chi connectivity index (χ1v) is 18.0. The SMILES string of the molecule is COC(=O)[C@@H](C[C@@H]1O[C@H](COCc2ccccc2)[C@@H](OCc2ccccc2)[C@H](OCc2ccccc2)[C@H]1OCc1ccccc1)NC(=O)OC(C)(C)C. The number of benzene rings is 4. The number of esters is 1. The Kier molecular flexibility index (Phi) is 15.0. The van der Waals surface area contributed by atoms with Crippen molar-refractivity contribution in [3.05, 3.63) is 144 Å². The molecular weight excluding hydrogens is 674 g/mol. The molecule has 0 saturated carbocycles. The van der Waals surface area contributed by atoms with Crippen molar-refractivity contribution in [2.24, 2.45) is 0 Å². The van der Waals surface area contributed by atoms with E-state index >= 15 is 0 Å². The van der Waals surface area contributed by atoms with E-state index in [0.717, 1.165) is 22.3 Å². The number of hydrogen-bond acceptors (Lipinski definition) is 9. The van der Waals surface area contributed by atoms with Gasteiger partial charge in [-0.3, -0.25) is 0 Å². The van der Waals surface area contributed by atoms with Gasteiger partial charge in [0, 0.05) is 6.42 Å². The molecule has 1 fully saturated rings. The zero-order valence-electron chi connectivity index (χ0n) is 30.9. The van der Waals surface area contributed by atoms with E-state index in [2.05, 4.69) is 5.32 Å². The molecular formula is C43H51NO9. The first-order valence-electron chi connectivity index (χ1n) is 18.0. The number of rotatable bonds is 17. The van der Waals surface area contributed by atoms with E-state index in [-0.39, 0.29) is 32.8 Å². The maximum atomic E-state index is 13.2. The fourth-order valence-electron chi connectivity index (χ4n) is 6.11. The normalized spacial score (nSPS) is 20.6. The second-order valence-electron chi connectivity index (χ2n) is 14.0. The van der Waals surface area contributed by atoms with Gasteiger partial charge in [0.25, 0.3) is 0 Å². The molecule has 4 aromatic carbocycles. The maximum absolute atomic E-state index is 13.2. The van der Waals surface area contributed by atoms with Crippen molar-refractivity contribution in [1.82, 2.24) is 5.32 Å². The van der Waals surface area contributed by atoms with Crippen molar-refractivity contribution in [2.75, 3.05) is 13.7 Å². The van der Waals surface area contributed by atoms with E-state index in [0.29, 0.717) is 6.61 Å². The van der Waals surface area contributed by atoms with Gasteiger partial charge in [0.15, 0.2) is 0 Å². The summed E-state index contributed by atoms with van der Waals surface area (Å²) >= 11 is 0. The Morgan fingerprint density at radius 3 is 1.47 bits per heavy atom. The standard InChI is InChI=1S/C43H51NO9/c1-43(2,3)53-42(46)44-35(41(45)47-4)25-36-38(49-27-32-19-11-6-12-20-32)40(51-29-34-23-15-8-16-24-34)39(50-28-33-21-13-7-14-22-33)37(52-36)30-48-26-31-17-9-5-10-18-31/h5-24,35-40H,25-30H2,1-4H3,(H,44,46)/t35-,36+,37-,38+,39-,40-/m1/s1. The van der Waals surface area contributed by atoms with Crippen LogP contribution in [0.5, 0.6) is 0 Å². The highest BCUT2D eigenvalue weighted by Crippen LogP contribution is 2.33. The van der Waals surface area contributed by atoms with E-state index in [1.165, 1.54) is 7.11 Å². The van der Waals surface area contributed by atoms with Gasteiger partial charge >= 0.3 is 12.1 Å². The van der Waals surface area contributed by atoms with Crippen LogP contribution >= 0.6 is 0 Å². The molecule has 1 N–H and O–H groups in total. The number of methoxy groups -OCH3 is 1. The number of ether oxygens (including phenoxy) is 7. The van der Waals surface area contributed by atoms with Crippen molar-refractivity contribution in [2.45, 2.75) is 95.8 Å². The molecule has 0 unspecified atom stereocenters. The molecule has 4 aromatic rings. The van der Waals surface area contributed by atoms with Gasteiger partial charge < -0.3 is 38.5 Å². The third-order valence-electron chi connectivity index (χ3n) is 8.62. The first kappa shape index (κ1) is 39.6. The lowest BCUT2D eigenvalue weighted by Crippen LogP contribution is -2.62. The van der Waals surface area contributed by atoms with Crippen molar-refractivity contribution in [3.63, 3.8) is 0 Å². The highest BCUT2D eigenvalue weighted by molar-refractivity contribution is 5.81. The highest BCUT2D eigenvalue weighted by Gasteiger charge is 2.49. The molecule has 1 aliphatic rings. The fraction of sp³-hybridized carbons (Fsp3) is 0.395. The zero-order valence-corrected chi connectivity index (χ0v) is 30.9. The molecule has 282 valence electrons. The van der Waals surface area contributed by atoms with Gasteiger partial charge in [-0.15, -0.1) is 0 Å². The molecule has 5 rings (SSSR count). The molecule has 0 radical (unpaired) electrons. The zero-order chi connectivity index (χ0) is 37.5. The van der Waals surface area contributed by atoms with Gasteiger partial charge in [0.1, 0.15) is 36.1 Å². The molecule has 1 saturated heterocycles. The molecule has 1 amide bonds. The largest absolute Gasteiger partial charge is 0.467 e. The summed E-state index contributed by atoms with van der Waals surface area (Å²) in [5.41, 5.74) is 3.12. The topological polar surface area (TPSA) is 111 Å². The lowest BCUT2D eigenvalue weighted by Gasteiger charge is -2.47. The average molecular weight is 726 g/mol. The molecule has 0 aliphatic carbocycles. The van der Waals surface area contributed by atoms with Crippen LogP contribution in [0.25, 0.3) is 0 Å². The highest BCUT2D eigenvalue weighted by atomic mass is 16.6. The number of nitrogens with one attached hydrogen (secondary N) is 1. The van der Waals surface area contributed by atoms with E-state index in [9.17, 15) is 9.59 Å². The predicted molar refractivity (Wildman–Crippen MR) is 200 cm³/mol. The number of carbonyl (C=O) groups excluding carboxylic acids is 2. The van der Waals surface area contributed by atoms with Crippen molar-refractivity contribution in [3.8, 4) is 0 Å². The summed E-state index contributed by atoms with van der Waals surface area (Å²) in [4.78, 5) is 26.2. The maximum Gasteiger partial charge on any atom is 0.408 e. The van der Waals surface area contributed by atoms with Crippen LogP contribution < -0.4 is 5.32 Å². The molecule has 10 heteroatoms. The Bertz CT molecular complexity index is 1650. The van der Waals surface area contributed by atoms with Gasteiger partial charge in [-0.25, -0.2) is 9.59 Å². The Hall–Kier alpha value is -4.58. The lowest BCUT2D eigenvalue weighted by atomic mass is 9.90. The van der Waals surface area contributed by atoms with Gasteiger partial charge in [-0.05, 0) is 43.0 Å². The van der Waals surface area contributed by atoms with E-state index in [4.69, 9.17) is 33.2 Å². The van der Waals surface area contributed by atoms with Crippen LogP contribution in [0, 0.1) is 0 Å². The smallest absolute Gasteiger partial charge is 0.408 e. The third-order valence-corrected chi connectivity index (χ3v) is 8.62. The monoisotopic (exact) mass is 725 g/mol. The predicted octanol–water partition coefficient (Wildman–Crippen LogP) is 7.18. The minimum Gasteiger partial charge on any atom is -0.467 e. The first-order chi connectivity index (χ1) is 25.7. The van der Waals surface area contributed by atoms with E-state index < -0.39 is 54.2 Å². The summed E-state index contributed by atoms with van der Waals surface area (Å²) in [7, 11) is 1.27. The molecule has 0 spiro atoms. The minimum absolute atomic E-state index is 0.00282. The molecule has 1 aliphatic heterocycles. The molecule has 53 heavy (non-hydrogen) atoms. The lowest BCUT2D eigenvalue weighted by molar-refractivity contribution is -0.274. The van der Waals surface area contributed by atoms with Crippen LogP contribution in [0.1, 0.15) is 49.4 Å². The van der Waals surface area contributed by atoms with Crippen molar-refractivity contribution < 1.29 is 42.7 Å². The van der Waals surface area contributed by atoms with Crippen molar-refractivity contribution >= 4 is 12.1 Å². The Morgan fingerprint density at radius 1 is 0.623 bits per heavy atom. The summed E-state index contributed by atoms with van der Waals surface area (Å²) in [5.74, 6) is -0.651. The van der Waals surface area contributed by atoms with Crippen LogP contribution in [0.3, 0.4) is 0 Å². The summed E-state index contributed by atoms with van der Waals surface area (Å²) in [6, 6.07) is 38.3. The van der Waals surface area contributed by atoms with Gasteiger partial charge in [0.05, 0.1) is 46.2 Å². The van der Waals surface area contributed by atoms with E-state index in [1.807, 2.05) is 121 Å². The van der Waals surface area contributed by atoms with Crippen molar-refractivity contribution in [1.29, 1.82) is 0 Å². The fourth-order valence-corrected chi connectivity index (χ4v) is 6.11. The van der Waals surface area contributed by atoms with E-state index in [1.54, 1.807) is 20.8 Å². The Labute approximate surface area is 312 Å². The summed E-state index contributed by atoms with van der Waals surface area (Å²) in [6.45, 7) is 6.55. The quantitative estimate of drug-likeness (QED) is 0.113. The molecule has 0 bridgehead atoms. The molecule has 1 heterocycles. The number of carbonyl (C=O) groups is 2. The van der Waals surface area contributed by atoms with Crippen LogP contribution in [0.2, 0.25) is 0 Å². The molecule has 10 nitrogen and oxygen atoms in total. The summed E-state index contributed by atoms with van der Waals surface area (Å²) < 4.78 is 44.0.